The van der Waals surface area contributed by atoms with Crippen LogP contribution < -0.4 is 0 Å². The molecule has 1 atom stereocenters. The predicted octanol–water partition coefficient (Wildman–Crippen LogP) is 1.90. The van der Waals surface area contributed by atoms with Crippen molar-refractivity contribution in [2.45, 2.75) is 24.3 Å². The zero-order valence-corrected chi connectivity index (χ0v) is 12.2. The van der Waals surface area contributed by atoms with E-state index in [-0.39, 0.29) is 12.7 Å². The van der Waals surface area contributed by atoms with E-state index in [9.17, 15) is 4.79 Å². The molecule has 0 spiro atoms. The van der Waals surface area contributed by atoms with E-state index < -0.39 is 0 Å². The van der Waals surface area contributed by atoms with Gasteiger partial charge in [-0.2, -0.15) is 0 Å². The van der Waals surface area contributed by atoms with Gasteiger partial charge >= 0.3 is 0 Å². The standard InChI is InChI=1S/C13H17NO2S.CH4O/c1-11-2-4-13(5-3-11)17-14-7-6-12(10-14)16-9-8-15;1-2/h2-5,8,12H,6-7,9-10H2,1H3;2H,1H3. The molecule has 0 saturated carbocycles. The van der Waals surface area contributed by atoms with Crippen LogP contribution in [0.5, 0.6) is 0 Å². The Bertz CT molecular complexity index is 369. The number of benzene rings is 1. The quantitative estimate of drug-likeness (QED) is 0.661. The molecule has 0 aromatic heterocycles. The molecular formula is C14H21NO3S. The molecule has 106 valence electrons. The van der Waals surface area contributed by atoms with Gasteiger partial charge in [0.1, 0.15) is 12.9 Å². The normalized spacial score (nSPS) is 18.8. The Hall–Kier alpha value is -0.880. The summed E-state index contributed by atoms with van der Waals surface area (Å²) in [6.07, 6.45) is 2.03. The van der Waals surface area contributed by atoms with E-state index in [0.29, 0.717) is 0 Å². The first kappa shape index (κ1) is 16.2. The van der Waals surface area contributed by atoms with E-state index in [1.807, 2.05) is 0 Å². The lowest BCUT2D eigenvalue weighted by molar-refractivity contribution is -0.113. The van der Waals surface area contributed by atoms with Crippen molar-refractivity contribution in [3.05, 3.63) is 29.8 Å². The number of rotatable bonds is 5. The maximum atomic E-state index is 10.2. The molecule has 0 aliphatic carbocycles. The minimum atomic E-state index is 0.207. The summed E-state index contributed by atoms with van der Waals surface area (Å²) in [5.41, 5.74) is 1.28. The molecule has 1 unspecified atom stereocenters. The van der Waals surface area contributed by atoms with E-state index in [0.717, 1.165) is 32.9 Å². The topological polar surface area (TPSA) is 49.8 Å². The fourth-order valence-electron chi connectivity index (χ4n) is 1.84. The molecule has 19 heavy (non-hydrogen) atoms. The SMILES string of the molecule is CO.Cc1ccc(SN2CCC(OCC=O)C2)cc1. The molecule has 1 N–H and O–H groups in total. The minimum absolute atomic E-state index is 0.207. The van der Waals surface area contributed by atoms with Crippen LogP contribution in [0, 0.1) is 6.92 Å². The maximum absolute atomic E-state index is 10.2. The lowest BCUT2D eigenvalue weighted by Gasteiger charge is -2.14. The number of carbonyl (C=O) groups excluding carboxylic acids is 1. The second kappa shape index (κ2) is 9.09. The van der Waals surface area contributed by atoms with Crippen molar-refractivity contribution in [1.29, 1.82) is 0 Å². The average molecular weight is 283 g/mol. The second-order valence-electron chi connectivity index (χ2n) is 4.20. The Morgan fingerprint density at radius 3 is 2.74 bits per heavy atom. The maximum Gasteiger partial charge on any atom is 0.145 e. The van der Waals surface area contributed by atoms with Crippen molar-refractivity contribution in [1.82, 2.24) is 4.31 Å². The van der Waals surface area contributed by atoms with Crippen molar-refractivity contribution >= 4 is 18.2 Å². The summed E-state index contributed by atoms with van der Waals surface area (Å²) in [6.45, 7) is 4.22. The lowest BCUT2D eigenvalue weighted by Crippen LogP contribution is -2.18. The van der Waals surface area contributed by atoms with Crippen LogP contribution in [0.4, 0.5) is 0 Å². The van der Waals surface area contributed by atoms with E-state index in [4.69, 9.17) is 9.84 Å². The Labute approximate surface area is 118 Å². The van der Waals surface area contributed by atoms with Gasteiger partial charge in [0.15, 0.2) is 0 Å². The third-order valence-electron chi connectivity index (χ3n) is 2.76. The number of nitrogens with zero attached hydrogens (tertiary/aromatic N) is 1. The van der Waals surface area contributed by atoms with Crippen LogP contribution >= 0.6 is 11.9 Å². The number of aryl methyl sites for hydroxylation is 1. The number of carbonyl (C=O) groups is 1. The Kier molecular flexibility index (Phi) is 7.74. The highest BCUT2D eigenvalue weighted by atomic mass is 32.2. The molecular weight excluding hydrogens is 262 g/mol. The third kappa shape index (κ3) is 5.74. The van der Waals surface area contributed by atoms with Gasteiger partial charge in [-0.3, -0.25) is 0 Å². The minimum Gasteiger partial charge on any atom is -0.400 e. The second-order valence-corrected chi connectivity index (χ2v) is 5.37. The molecule has 1 fully saturated rings. The summed E-state index contributed by atoms with van der Waals surface area (Å²) in [5, 5.41) is 7.00. The Balaban J connectivity index is 0.000000861. The van der Waals surface area contributed by atoms with E-state index in [1.165, 1.54) is 10.5 Å². The van der Waals surface area contributed by atoms with Gasteiger partial charge in [-0.15, -0.1) is 0 Å². The van der Waals surface area contributed by atoms with Crippen LogP contribution in [0.3, 0.4) is 0 Å². The van der Waals surface area contributed by atoms with Crippen molar-refractivity contribution in [3.8, 4) is 0 Å². The number of hydrogen-bond acceptors (Lipinski definition) is 5. The van der Waals surface area contributed by atoms with Gasteiger partial charge in [-0.05, 0) is 37.4 Å². The number of aliphatic hydroxyl groups excluding tert-OH is 1. The van der Waals surface area contributed by atoms with Gasteiger partial charge in [0.05, 0.1) is 6.10 Å². The van der Waals surface area contributed by atoms with Gasteiger partial charge in [-0.25, -0.2) is 4.31 Å². The molecule has 0 radical (unpaired) electrons. The van der Waals surface area contributed by atoms with Gasteiger partial charge in [0.2, 0.25) is 0 Å². The fourth-order valence-corrected chi connectivity index (χ4v) is 2.83. The molecule has 0 bridgehead atoms. The van der Waals surface area contributed by atoms with Crippen molar-refractivity contribution < 1.29 is 14.6 Å². The first-order valence-corrected chi connectivity index (χ1v) is 7.05. The molecule has 1 aromatic rings. The van der Waals surface area contributed by atoms with E-state index >= 15 is 0 Å². The molecule has 1 aromatic carbocycles. The molecule has 1 aliphatic heterocycles. The summed E-state index contributed by atoms with van der Waals surface area (Å²) in [4.78, 5) is 11.5. The highest BCUT2D eigenvalue weighted by molar-refractivity contribution is 7.97. The van der Waals surface area contributed by atoms with Crippen molar-refractivity contribution in [2.24, 2.45) is 0 Å². The van der Waals surface area contributed by atoms with Crippen LogP contribution in [-0.4, -0.2) is 48.6 Å². The largest absolute Gasteiger partial charge is 0.400 e. The lowest BCUT2D eigenvalue weighted by atomic mass is 10.2. The zero-order valence-electron chi connectivity index (χ0n) is 11.4. The van der Waals surface area contributed by atoms with Gasteiger partial charge in [0, 0.05) is 25.1 Å². The number of aldehydes is 1. The number of hydrogen-bond donors (Lipinski definition) is 1. The molecule has 1 heterocycles. The van der Waals surface area contributed by atoms with Gasteiger partial charge < -0.3 is 14.6 Å². The van der Waals surface area contributed by atoms with Crippen LogP contribution in [0.15, 0.2) is 29.2 Å². The zero-order chi connectivity index (χ0) is 14.1. The van der Waals surface area contributed by atoms with E-state index in [1.54, 1.807) is 11.9 Å². The summed E-state index contributed by atoms with van der Waals surface area (Å²) in [7, 11) is 1.00. The summed E-state index contributed by atoms with van der Waals surface area (Å²) < 4.78 is 7.71. The Morgan fingerprint density at radius 2 is 2.11 bits per heavy atom. The van der Waals surface area contributed by atoms with Crippen LogP contribution in [0.1, 0.15) is 12.0 Å². The van der Waals surface area contributed by atoms with Gasteiger partial charge in [0.25, 0.3) is 0 Å². The molecule has 1 saturated heterocycles. The number of aliphatic hydroxyl groups is 1. The first-order valence-electron chi connectivity index (χ1n) is 6.27. The monoisotopic (exact) mass is 283 g/mol. The number of ether oxygens (including phenoxy) is 1. The van der Waals surface area contributed by atoms with Crippen LogP contribution in [0.2, 0.25) is 0 Å². The highest BCUT2D eigenvalue weighted by Crippen LogP contribution is 2.27. The first-order chi connectivity index (χ1) is 9.28. The summed E-state index contributed by atoms with van der Waals surface area (Å²) in [5.74, 6) is 0. The average Bonchev–Trinajstić information content (AvgIpc) is 2.89. The van der Waals surface area contributed by atoms with E-state index in [2.05, 4.69) is 35.5 Å². The van der Waals surface area contributed by atoms with Crippen molar-refractivity contribution in [3.63, 3.8) is 0 Å². The molecule has 1 aliphatic rings. The third-order valence-corrected chi connectivity index (χ3v) is 3.84. The highest BCUT2D eigenvalue weighted by Gasteiger charge is 2.23. The fraction of sp³-hybridized carbons (Fsp3) is 0.500. The predicted molar refractivity (Wildman–Crippen MR) is 77.2 cm³/mol. The summed E-state index contributed by atoms with van der Waals surface area (Å²) >= 11 is 1.76. The van der Waals surface area contributed by atoms with Crippen LogP contribution in [-0.2, 0) is 9.53 Å². The van der Waals surface area contributed by atoms with Crippen molar-refractivity contribution in [2.75, 3.05) is 26.8 Å². The molecule has 2 rings (SSSR count). The molecule has 5 heteroatoms. The Morgan fingerprint density at radius 1 is 1.42 bits per heavy atom. The molecule has 4 nitrogen and oxygen atoms in total. The summed E-state index contributed by atoms with van der Waals surface area (Å²) in [6, 6.07) is 8.52. The smallest absolute Gasteiger partial charge is 0.145 e. The molecule has 0 amide bonds. The van der Waals surface area contributed by atoms with Gasteiger partial charge in [-0.1, -0.05) is 17.7 Å². The van der Waals surface area contributed by atoms with Crippen LogP contribution in [0.25, 0.3) is 0 Å².